The molecule has 13 heteroatoms. The van der Waals surface area contributed by atoms with Gasteiger partial charge in [-0.3, -0.25) is 9.59 Å². The van der Waals surface area contributed by atoms with Crippen molar-refractivity contribution in [2.24, 2.45) is 23.5 Å². The number of nitrogens with zero attached hydrogens (tertiary/aromatic N) is 7. The van der Waals surface area contributed by atoms with Gasteiger partial charge in [0.2, 0.25) is 11.8 Å². The number of amides is 2. The van der Waals surface area contributed by atoms with E-state index in [4.69, 9.17) is 11.0 Å². The van der Waals surface area contributed by atoms with E-state index in [0.29, 0.717) is 38.2 Å². The van der Waals surface area contributed by atoms with Crippen molar-refractivity contribution in [1.29, 1.82) is 5.26 Å². The highest BCUT2D eigenvalue weighted by Crippen LogP contribution is 2.40. The zero-order valence-electron chi connectivity index (χ0n) is 18.1. The Hall–Kier alpha value is -3.69. The summed E-state index contributed by atoms with van der Waals surface area (Å²) in [6, 6.07) is 5.15. The second-order valence-electron chi connectivity index (χ2n) is 8.64. The molecule has 2 amide bonds. The summed E-state index contributed by atoms with van der Waals surface area (Å²) in [5.74, 6) is -1.16. The van der Waals surface area contributed by atoms with Gasteiger partial charge in [0, 0.05) is 31.9 Å². The Morgan fingerprint density at radius 1 is 1.21 bits per heavy atom. The van der Waals surface area contributed by atoms with Gasteiger partial charge in [0.05, 0.1) is 23.1 Å². The molecule has 10 nitrogen and oxygen atoms in total. The molecule has 0 bridgehead atoms. The van der Waals surface area contributed by atoms with Crippen LogP contribution < -0.4 is 10.6 Å². The number of rotatable bonds is 5. The Morgan fingerprint density at radius 3 is 2.53 bits per heavy atom. The number of carbonyl (C=O) groups excluding carboxylic acids is 2. The van der Waals surface area contributed by atoms with Gasteiger partial charge in [-0.25, -0.2) is 4.68 Å². The van der Waals surface area contributed by atoms with Crippen LogP contribution in [0.3, 0.4) is 0 Å². The van der Waals surface area contributed by atoms with Gasteiger partial charge >= 0.3 is 6.18 Å². The molecule has 0 unspecified atom stereocenters. The molecular weight excluding hydrogens is 453 g/mol. The summed E-state index contributed by atoms with van der Waals surface area (Å²) in [5, 5.41) is 19.7. The van der Waals surface area contributed by atoms with Gasteiger partial charge in [-0.15, -0.1) is 5.10 Å². The standard InChI is InChI=1S/C21H23F3N8O2/c22-21(23,24)18-7-15(2-1-14(18)8-25)31-9-16(17(10-31)20(26)34)13-3-5-30(6-4-13)19(33)11-32-12-27-28-29-32/h1-2,7,12-13,16-17H,3-6,9-11H2,(H2,26,34)/t16-,17+/m0/s1. The number of hydrogen-bond donors (Lipinski definition) is 1. The van der Waals surface area contributed by atoms with E-state index in [-0.39, 0.29) is 30.8 Å². The second kappa shape index (κ2) is 9.28. The fourth-order valence-electron chi connectivity index (χ4n) is 4.95. The van der Waals surface area contributed by atoms with Crippen molar-refractivity contribution in [3.63, 3.8) is 0 Å². The molecule has 180 valence electrons. The minimum absolute atomic E-state index is 0.0407. The lowest BCUT2D eigenvalue weighted by atomic mass is 9.78. The molecule has 34 heavy (non-hydrogen) atoms. The maximum atomic E-state index is 13.4. The lowest BCUT2D eigenvalue weighted by Crippen LogP contribution is -2.43. The first-order chi connectivity index (χ1) is 16.2. The smallest absolute Gasteiger partial charge is 0.370 e. The van der Waals surface area contributed by atoms with E-state index in [0.717, 1.165) is 12.1 Å². The maximum Gasteiger partial charge on any atom is 0.417 e. The first-order valence-corrected chi connectivity index (χ1v) is 10.8. The van der Waals surface area contributed by atoms with Crippen LogP contribution in [0.4, 0.5) is 18.9 Å². The molecule has 2 aromatic rings. The SMILES string of the molecule is N#Cc1ccc(N2C[C@@H](C(N)=O)[C@H](C3CCN(C(=O)Cn4cnnn4)CC3)C2)cc1C(F)(F)F. The number of piperidine rings is 1. The van der Waals surface area contributed by atoms with Crippen LogP contribution in [0.25, 0.3) is 0 Å². The first-order valence-electron chi connectivity index (χ1n) is 10.8. The van der Waals surface area contributed by atoms with Crippen LogP contribution in [-0.4, -0.2) is 63.1 Å². The van der Waals surface area contributed by atoms with Crippen LogP contribution >= 0.6 is 0 Å². The van der Waals surface area contributed by atoms with E-state index in [2.05, 4.69) is 15.5 Å². The Bertz CT molecular complexity index is 1090. The van der Waals surface area contributed by atoms with Crippen LogP contribution in [0, 0.1) is 29.1 Å². The number of tetrazole rings is 1. The summed E-state index contributed by atoms with van der Waals surface area (Å²) in [6.45, 7) is 1.63. The minimum Gasteiger partial charge on any atom is -0.370 e. The third-order valence-corrected chi connectivity index (χ3v) is 6.71. The lowest BCUT2D eigenvalue weighted by Gasteiger charge is -2.36. The molecular formula is C21H23F3N8O2. The van der Waals surface area contributed by atoms with Gasteiger partial charge in [-0.1, -0.05) is 0 Å². The highest BCUT2D eigenvalue weighted by molar-refractivity contribution is 5.79. The van der Waals surface area contributed by atoms with Crippen LogP contribution in [0.1, 0.15) is 24.0 Å². The number of primary amides is 1. The third-order valence-electron chi connectivity index (χ3n) is 6.71. The quantitative estimate of drug-likeness (QED) is 0.681. The van der Waals surface area contributed by atoms with E-state index in [1.54, 1.807) is 15.9 Å². The summed E-state index contributed by atoms with van der Waals surface area (Å²) < 4.78 is 41.6. The third kappa shape index (κ3) is 4.80. The van der Waals surface area contributed by atoms with Crippen LogP contribution in [0.15, 0.2) is 24.5 Å². The van der Waals surface area contributed by atoms with Gasteiger partial charge in [0.1, 0.15) is 12.9 Å². The fraction of sp³-hybridized carbons (Fsp3) is 0.524. The highest BCUT2D eigenvalue weighted by atomic mass is 19.4. The number of likely N-dealkylation sites (tertiary alicyclic amines) is 1. The zero-order chi connectivity index (χ0) is 24.5. The maximum absolute atomic E-state index is 13.4. The molecule has 0 aliphatic carbocycles. The number of halogens is 3. The number of benzene rings is 1. The van der Waals surface area contributed by atoms with Crippen LogP contribution in [0.5, 0.6) is 0 Å². The summed E-state index contributed by atoms with van der Waals surface area (Å²) in [6.07, 6.45) is -1.98. The molecule has 3 heterocycles. The topological polar surface area (TPSA) is 134 Å². The number of nitriles is 1. The Kier molecular flexibility index (Phi) is 6.41. The normalized spacial score (nSPS) is 21.5. The number of anilines is 1. The van der Waals surface area contributed by atoms with E-state index < -0.39 is 29.1 Å². The monoisotopic (exact) mass is 476 g/mol. The minimum atomic E-state index is -4.66. The predicted molar refractivity (Wildman–Crippen MR) is 112 cm³/mol. The summed E-state index contributed by atoms with van der Waals surface area (Å²) in [7, 11) is 0. The molecule has 0 radical (unpaired) electrons. The molecule has 1 aromatic carbocycles. The van der Waals surface area contributed by atoms with Gasteiger partial charge in [-0.2, -0.15) is 18.4 Å². The van der Waals surface area contributed by atoms with Crippen molar-refractivity contribution >= 4 is 17.5 Å². The fourth-order valence-corrected chi connectivity index (χ4v) is 4.95. The predicted octanol–water partition coefficient (Wildman–Crippen LogP) is 1.04. The molecule has 4 rings (SSSR count). The Balaban J connectivity index is 1.45. The van der Waals surface area contributed by atoms with Gasteiger partial charge in [0.25, 0.3) is 0 Å². The van der Waals surface area contributed by atoms with Gasteiger partial charge < -0.3 is 15.5 Å². The zero-order valence-corrected chi connectivity index (χ0v) is 18.1. The van der Waals surface area contributed by atoms with Crippen molar-refractivity contribution < 1.29 is 22.8 Å². The molecule has 2 aliphatic heterocycles. The average Bonchev–Trinajstić information content (AvgIpc) is 3.48. The van der Waals surface area contributed by atoms with Crippen LogP contribution in [0.2, 0.25) is 0 Å². The number of aromatic nitrogens is 4. The Morgan fingerprint density at radius 2 is 1.94 bits per heavy atom. The van der Waals surface area contributed by atoms with Gasteiger partial charge in [-0.05, 0) is 53.3 Å². The van der Waals surface area contributed by atoms with Crippen molar-refractivity contribution in [2.75, 3.05) is 31.1 Å². The summed E-state index contributed by atoms with van der Waals surface area (Å²) >= 11 is 0. The van der Waals surface area contributed by atoms with Gasteiger partial charge in [0.15, 0.2) is 0 Å². The number of alkyl halides is 3. The average molecular weight is 476 g/mol. The van der Waals surface area contributed by atoms with E-state index >= 15 is 0 Å². The summed E-state index contributed by atoms with van der Waals surface area (Å²) in [5.41, 5.74) is 4.51. The lowest BCUT2D eigenvalue weighted by molar-refractivity contribution is -0.137. The van der Waals surface area contributed by atoms with Crippen molar-refractivity contribution in [1.82, 2.24) is 25.1 Å². The van der Waals surface area contributed by atoms with Crippen molar-refractivity contribution in [3.8, 4) is 6.07 Å². The first kappa shape index (κ1) is 23.5. The highest BCUT2D eigenvalue weighted by Gasteiger charge is 2.43. The molecule has 0 spiro atoms. The second-order valence-corrected chi connectivity index (χ2v) is 8.64. The van der Waals surface area contributed by atoms with E-state index in [1.807, 2.05) is 0 Å². The molecule has 0 saturated carbocycles. The largest absolute Gasteiger partial charge is 0.417 e. The molecule has 2 N–H and O–H groups in total. The molecule has 1 aromatic heterocycles. The Labute approximate surface area is 193 Å². The number of nitrogens with two attached hydrogens (primary N) is 1. The molecule has 2 atom stereocenters. The molecule has 2 saturated heterocycles. The van der Waals surface area contributed by atoms with Crippen molar-refractivity contribution in [3.05, 3.63) is 35.7 Å². The summed E-state index contributed by atoms with van der Waals surface area (Å²) in [4.78, 5) is 28.1. The van der Waals surface area contributed by atoms with Crippen molar-refractivity contribution in [2.45, 2.75) is 25.6 Å². The molecule has 2 aliphatic rings. The number of hydrogen-bond acceptors (Lipinski definition) is 7. The van der Waals surface area contributed by atoms with E-state index in [9.17, 15) is 22.8 Å². The van der Waals surface area contributed by atoms with E-state index in [1.165, 1.54) is 17.1 Å². The van der Waals surface area contributed by atoms with Crippen LogP contribution in [-0.2, 0) is 22.3 Å². The molecule has 2 fully saturated rings. The number of carbonyl (C=O) groups is 2.